The van der Waals surface area contributed by atoms with Gasteiger partial charge in [-0.25, -0.2) is 4.98 Å². The molecule has 0 saturated carbocycles. The lowest BCUT2D eigenvalue weighted by atomic mass is 9.99. The lowest BCUT2D eigenvalue weighted by molar-refractivity contribution is -0.119. The topological polar surface area (TPSA) is 53.8 Å². The first-order valence-corrected chi connectivity index (χ1v) is 7.93. The number of benzene rings is 1. The van der Waals surface area contributed by atoms with E-state index < -0.39 is 5.92 Å². The number of Topliss-reactive ketones (excluding diaryl/α,β-unsaturated/α-hetero) is 1. The van der Waals surface area contributed by atoms with Gasteiger partial charge in [0, 0.05) is 17.5 Å². The summed E-state index contributed by atoms with van der Waals surface area (Å²) >= 11 is 13.4. The second-order valence-electron chi connectivity index (χ2n) is 4.57. The van der Waals surface area contributed by atoms with Crippen molar-refractivity contribution >= 4 is 40.3 Å². The average molecular weight is 339 g/mol. The molecule has 6 heteroatoms. The Morgan fingerprint density at radius 3 is 2.86 bits per heavy atom. The number of thiazole rings is 1. The van der Waals surface area contributed by atoms with E-state index in [0.717, 1.165) is 11.3 Å². The Labute approximate surface area is 137 Å². The highest BCUT2D eigenvalue weighted by Crippen LogP contribution is 2.28. The van der Waals surface area contributed by atoms with Gasteiger partial charge < -0.3 is 0 Å². The molecule has 0 bridgehead atoms. The Morgan fingerprint density at radius 1 is 1.48 bits per heavy atom. The van der Waals surface area contributed by atoms with Gasteiger partial charge in [0.15, 0.2) is 11.7 Å². The number of aromatic nitrogens is 1. The van der Waals surface area contributed by atoms with Crippen LogP contribution in [0.2, 0.25) is 10.0 Å². The van der Waals surface area contributed by atoms with E-state index in [1.807, 2.05) is 24.4 Å². The van der Waals surface area contributed by atoms with E-state index in [4.69, 9.17) is 23.2 Å². The number of halogens is 2. The van der Waals surface area contributed by atoms with Gasteiger partial charge in [0.25, 0.3) is 0 Å². The van der Waals surface area contributed by atoms with Crippen LogP contribution in [-0.2, 0) is 11.2 Å². The molecule has 2 aromatic rings. The van der Waals surface area contributed by atoms with Crippen LogP contribution < -0.4 is 0 Å². The van der Waals surface area contributed by atoms with Crippen molar-refractivity contribution in [3.63, 3.8) is 0 Å². The number of hydrogen-bond acceptors (Lipinski definition) is 4. The second kappa shape index (κ2) is 7.04. The minimum Gasteiger partial charge on any atom is -0.298 e. The monoisotopic (exact) mass is 338 g/mol. The highest BCUT2D eigenvalue weighted by Gasteiger charge is 2.23. The van der Waals surface area contributed by atoms with E-state index >= 15 is 0 Å². The molecular weight excluding hydrogens is 327 g/mol. The predicted octanol–water partition coefficient (Wildman–Crippen LogP) is 4.57. The van der Waals surface area contributed by atoms with Gasteiger partial charge in [-0.05, 0) is 25.0 Å². The molecule has 1 heterocycles. The summed E-state index contributed by atoms with van der Waals surface area (Å²) in [5.74, 6) is -0.954. The third-order valence-corrected chi connectivity index (χ3v) is 4.89. The molecule has 1 aromatic carbocycles. The summed E-state index contributed by atoms with van der Waals surface area (Å²) in [5.41, 5.74) is 1.63. The van der Waals surface area contributed by atoms with Crippen LogP contribution in [0.15, 0.2) is 23.6 Å². The first-order chi connectivity index (χ1) is 10.0. The minimum atomic E-state index is -0.804. The van der Waals surface area contributed by atoms with E-state index in [2.05, 4.69) is 4.98 Å². The first kappa shape index (κ1) is 16.0. The number of carbonyl (C=O) groups is 1. The van der Waals surface area contributed by atoms with Crippen LogP contribution in [0, 0.1) is 18.3 Å². The maximum absolute atomic E-state index is 12.2. The molecule has 0 saturated heterocycles. The fourth-order valence-corrected chi connectivity index (χ4v) is 3.19. The third-order valence-electron chi connectivity index (χ3n) is 3.01. The molecule has 0 aliphatic rings. The largest absolute Gasteiger partial charge is 0.298 e. The Hall–Kier alpha value is -1.41. The van der Waals surface area contributed by atoms with E-state index in [9.17, 15) is 10.1 Å². The van der Waals surface area contributed by atoms with Crippen LogP contribution in [0.5, 0.6) is 0 Å². The molecule has 0 aliphatic carbocycles. The van der Waals surface area contributed by atoms with Crippen LogP contribution in [0.4, 0.5) is 0 Å². The standard InChI is InChI=1S/C15H12Cl2N2OS/c1-9-8-21-15(19-9)11(7-18)13(20)6-5-10-3-2-4-12(16)14(10)17/h2-4,8,11H,5-6H2,1H3. The molecule has 0 aliphatic heterocycles. The van der Waals surface area contributed by atoms with Crippen molar-refractivity contribution in [1.82, 2.24) is 4.98 Å². The number of aryl methyl sites for hydroxylation is 2. The normalized spacial score (nSPS) is 11.9. The first-order valence-electron chi connectivity index (χ1n) is 6.30. The summed E-state index contributed by atoms with van der Waals surface area (Å²) in [4.78, 5) is 16.4. The summed E-state index contributed by atoms with van der Waals surface area (Å²) in [6.07, 6.45) is 0.692. The summed E-state index contributed by atoms with van der Waals surface area (Å²) < 4.78 is 0. The van der Waals surface area contributed by atoms with Crippen molar-refractivity contribution in [3.05, 3.63) is 49.9 Å². The smallest absolute Gasteiger partial charge is 0.157 e. The van der Waals surface area contributed by atoms with E-state index in [1.54, 1.807) is 12.1 Å². The van der Waals surface area contributed by atoms with Gasteiger partial charge in [0.1, 0.15) is 5.01 Å². The van der Waals surface area contributed by atoms with Gasteiger partial charge in [-0.3, -0.25) is 4.79 Å². The Kier molecular flexibility index (Phi) is 5.35. The van der Waals surface area contributed by atoms with Crippen LogP contribution in [0.1, 0.15) is 28.6 Å². The summed E-state index contributed by atoms with van der Waals surface area (Å²) in [6.45, 7) is 1.84. The number of hydrogen-bond donors (Lipinski definition) is 0. The quantitative estimate of drug-likeness (QED) is 0.802. The Balaban J connectivity index is 2.07. The zero-order chi connectivity index (χ0) is 15.4. The molecule has 1 unspecified atom stereocenters. The molecule has 1 aromatic heterocycles. The fourth-order valence-electron chi connectivity index (χ4n) is 1.91. The molecule has 0 amide bonds. The molecule has 3 nitrogen and oxygen atoms in total. The number of carbonyl (C=O) groups excluding carboxylic acids is 1. The summed E-state index contributed by atoms with van der Waals surface area (Å²) in [7, 11) is 0. The molecule has 108 valence electrons. The van der Waals surface area contributed by atoms with E-state index in [0.29, 0.717) is 21.5 Å². The van der Waals surface area contributed by atoms with Gasteiger partial charge in [-0.2, -0.15) is 5.26 Å². The number of nitrogens with zero attached hydrogens (tertiary/aromatic N) is 2. The van der Waals surface area contributed by atoms with Crippen LogP contribution in [-0.4, -0.2) is 10.8 Å². The zero-order valence-electron chi connectivity index (χ0n) is 11.3. The second-order valence-corrected chi connectivity index (χ2v) is 6.24. The number of nitriles is 1. The summed E-state index contributed by atoms with van der Waals surface area (Å²) in [5, 5.41) is 12.5. The summed E-state index contributed by atoms with van der Waals surface area (Å²) in [6, 6.07) is 7.35. The maximum Gasteiger partial charge on any atom is 0.157 e. The molecule has 0 radical (unpaired) electrons. The van der Waals surface area contributed by atoms with Crippen LogP contribution in [0.25, 0.3) is 0 Å². The lowest BCUT2D eigenvalue weighted by Gasteiger charge is -2.07. The molecule has 2 rings (SSSR count). The molecular formula is C15H12Cl2N2OS. The SMILES string of the molecule is Cc1csc(C(C#N)C(=O)CCc2cccc(Cl)c2Cl)n1. The van der Waals surface area contributed by atoms with Gasteiger partial charge >= 0.3 is 0 Å². The molecule has 0 fully saturated rings. The molecule has 0 N–H and O–H groups in total. The number of rotatable bonds is 5. The van der Waals surface area contributed by atoms with Crippen molar-refractivity contribution in [2.45, 2.75) is 25.7 Å². The van der Waals surface area contributed by atoms with E-state index in [1.165, 1.54) is 11.3 Å². The van der Waals surface area contributed by atoms with Gasteiger partial charge in [0.05, 0.1) is 16.1 Å². The van der Waals surface area contributed by atoms with Crippen LogP contribution in [0.3, 0.4) is 0 Å². The Bertz CT molecular complexity index is 706. The van der Waals surface area contributed by atoms with Crippen molar-refractivity contribution in [1.29, 1.82) is 5.26 Å². The van der Waals surface area contributed by atoms with Crippen molar-refractivity contribution in [3.8, 4) is 6.07 Å². The lowest BCUT2D eigenvalue weighted by Crippen LogP contribution is -2.11. The minimum absolute atomic E-state index is 0.150. The molecule has 21 heavy (non-hydrogen) atoms. The van der Waals surface area contributed by atoms with E-state index in [-0.39, 0.29) is 12.2 Å². The number of ketones is 1. The Morgan fingerprint density at radius 2 is 2.24 bits per heavy atom. The van der Waals surface area contributed by atoms with Gasteiger partial charge in [0.2, 0.25) is 0 Å². The third kappa shape index (κ3) is 3.82. The maximum atomic E-state index is 12.2. The van der Waals surface area contributed by atoms with Crippen molar-refractivity contribution < 1.29 is 4.79 Å². The van der Waals surface area contributed by atoms with Gasteiger partial charge in [-0.1, -0.05) is 35.3 Å². The predicted molar refractivity (Wildman–Crippen MR) is 85.0 cm³/mol. The molecule has 1 atom stereocenters. The van der Waals surface area contributed by atoms with Crippen molar-refractivity contribution in [2.24, 2.45) is 0 Å². The van der Waals surface area contributed by atoms with Gasteiger partial charge in [-0.15, -0.1) is 11.3 Å². The zero-order valence-corrected chi connectivity index (χ0v) is 13.6. The van der Waals surface area contributed by atoms with Crippen LogP contribution >= 0.6 is 34.5 Å². The fraction of sp³-hybridized carbons (Fsp3) is 0.267. The highest BCUT2D eigenvalue weighted by atomic mass is 35.5. The highest BCUT2D eigenvalue weighted by molar-refractivity contribution is 7.09. The van der Waals surface area contributed by atoms with Crippen molar-refractivity contribution in [2.75, 3.05) is 0 Å². The average Bonchev–Trinajstić information content (AvgIpc) is 2.87. The molecule has 0 spiro atoms.